The zero-order chi connectivity index (χ0) is 16.0. The van der Waals surface area contributed by atoms with Crippen LogP contribution in [0.25, 0.3) is 0 Å². The van der Waals surface area contributed by atoms with Crippen molar-refractivity contribution in [2.45, 2.75) is 38.8 Å². The van der Waals surface area contributed by atoms with Gasteiger partial charge in [-0.3, -0.25) is 4.90 Å². The Balaban J connectivity index is 2.47. The van der Waals surface area contributed by atoms with Gasteiger partial charge in [0, 0.05) is 51.9 Å². The van der Waals surface area contributed by atoms with Crippen molar-refractivity contribution in [2.24, 2.45) is 0 Å². The van der Waals surface area contributed by atoms with Crippen LogP contribution < -0.4 is 5.32 Å². The van der Waals surface area contributed by atoms with Gasteiger partial charge in [-0.1, -0.05) is 0 Å². The van der Waals surface area contributed by atoms with Crippen molar-refractivity contribution in [2.75, 3.05) is 39.9 Å². The highest BCUT2D eigenvalue weighted by atomic mass is 16.5. The quantitative estimate of drug-likeness (QED) is 0.777. The van der Waals surface area contributed by atoms with Crippen LogP contribution >= 0.6 is 0 Å². The van der Waals surface area contributed by atoms with Gasteiger partial charge in [0.15, 0.2) is 0 Å². The lowest BCUT2D eigenvalue weighted by molar-refractivity contribution is -0.139. The molecule has 21 heavy (non-hydrogen) atoms. The lowest BCUT2D eigenvalue weighted by atomic mass is 10.1. The molecule has 7 nitrogen and oxygen atoms in total. The second kappa shape index (κ2) is 7.61. The number of amides is 2. The molecule has 2 N–H and O–H groups in total. The Bertz CT molecular complexity index is 360. The van der Waals surface area contributed by atoms with Crippen LogP contribution in [0.1, 0.15) is 27.2 Å². The van der Waals surface area contributed by atoms with Crippen molar-refractivity contribution in [3.05, 3.63) is 0 Å². The average Bonchev–Trinajstić information content (AvgIpc) is 2.42. The number of rotatable bonds is 5. The fraction of sp³-hybridized carbons (Fsp3) is 0.857. The molecule has 0 spiro atoms. The molecule has 1 unspecified atom stereocenters. The topological polar surface area (TPSA) is 82.1 Å². The Labute approximate surface area is 126 Å². The molecule has 7 heteroatoms. The van der Waals surface area contributed by atoms with E-state index in [4.69, 9.17) is 9.84 Å². The SMILES string of the molecule is COCCC(NC(=O)N1CCN(C(C)(C)C)CC1)C(=O)O. The van der Waals surface area contributed by atoms with Gasteiger partial charge >= 0.3 is 12.0 Å². The Kier molecular flexibility index (Phi) is 6.42. The van der Waals surface area contributed by atoms with Crippen LogP contribution in [-0.2, 0) is 9.53 Å². The molecule has 1 aliphatic heterocycles. The molecule has 1 aliphatic rings. The first-order chi connectivity index (χ1) is 9.75. The number of hydrogen-bond acceptors (Lipinski definition) is 4. The first kappa shape index (κ1) is 17.7. The normalized spacial score (nSPS) is 18.4. The summed E-state index contributed by atoms with van der Waals surface area (Å²) in [7, 11) is 1.51. The summed E-state index contributed by atoms with van der Waals surface area (Å²) in [5, 5.41) is 11.7. The number of nitrogens with one attached hydrogen (secondary N) is 1. The molecule has 1 fully saturated rings. The van der Waals surface area contributed by atoms with Crippen LogP contribution in [0.15, 0.2) is 0 Å². The lowest BCUT2D eigenvalue weighted by Crippen LogP contribution is -2.58. The van der Waals surface area contributed by atoms with E-state index in [0.717, 1.165) is 13.1 Å². The Morgan fingerprint density at radius 1 is 1.24 bits per heavy atom. The third kappa shape index (κ3) is 5.51. The second-order valence-corrected chi connectivity index (χ2v) is 6.27. The molecular formula is C14H27N3O4. The molecule has 1 rings (SSSR count). The van der Waals surface area contributed by atoms with Gasteiger partial charge in [-0.05, 0) is 20.8 Å². The third-order valence-corrected chi connectivity index (χ3v) is 3.72. The van der Waals surface area contributed by atoms with E-state index >= 15 is 0 Å². The number of hydrogen-bond donors (Lipinski definition) is 2. The number of carbonyl (C=O) groups excluding carboxylic acids is 1. The molecule has 0 aromatic rings. The number of ether oxygens (including phenoxy) is 1. The largest absolute Gasteiger partial charge is 0.480 e. The van der Waals surface area contributed by atoms with E-state index in [1.54, 1.807) is 4.90 Å². The molecule has 0 saturated carbocycles. The van der Waals surface area contributed by atoms with Crippen LogP contribution in [0.5, 0.6) is 0 Å². The number of methoxy groups -OCH3 is 1. The molecule has 0 aromatic heterocycles. The number of urea groups is 1. The van der Waals surface area contributed by atoms with Crippen molar-refractivity contribution in [1.29, 1.82) is 0 Å². The Hall–Kier alpha value is -1.34. The van der Waals surface area contributed by atoms with Gasteiger partial charge in [-0.25, -0.2) is 9.59 Å². The molecule has 122 valence electrons. The van der Waals surface area contributed by atoms with Crippen LogP contribution in [0, 0.1) is 0 Å². The van der Waals surface area contributed by atoms with Gasteiger partial charge in [0.1, 0.15) is 6.04 Å². The van der Waals surface area contributed by atoms with Gasteiger partial charge in [0.2, 0.25) is 0 Å². The minimum absolute atomic E-state index is 0.0879. The number of carboxylic acids is 1. The highest BCUT2D eigenvalue weighted by Crippen LogP contribution is 2.15. The molecule has 1 saturated heterocycles. The maximum absolute atomic E-state index is 12.1. The van der Waals surface area contributed by atoms with Crippen LogP contribution in [-0.4, -0.2) is 78.4 Å². The molecular weight excluding hydrogens is 274 g/mol. The van der Waals surface area contributed by atoms with E-state index in [9.17, 15) is 9.59 Å². The fourth-order valence-electron chi connectivity index (χ4n) is 2.31. The van der Waals surface area contributed by atoms with Crippen molar-refractivity contribution in [1.82, 2.24) is 15.1 Å². The molecule has 0 bridgehead atoms. The van der Waals surface area contributed by atoms with E-state index in [2.05, 4.69) is 31.0 Å². The van der Waals surface area contributed by atoms with Crippen molar-refractivity contribution in [3.63, 3.8) is 0 Å². The highest BCUT2D eigenvalue weighted by molar-refractivity contribution is 5.82. The highest BCUT2D eigenvalue weighted by Gasteiger charge is 2.29. The smallest absolute Gasteiger partial charge is 0.326 e. The molecule has 1 heterocycles. The summed E-state index contributed by atoms with van der Waals surface area (Å²) in [4.78, 5) is 27.2. The summed E-state index contributed by atoms with van der Waals surface area (Å²) in [5.41, 5.74) is 0.0879. The molecule has 0 radical (unpaired) electrons. The molecule has 0 aliphatic carbocycles. The minimum atomic E-state index is -1.03. The van der Waals surface area contributed by atoms with Gasteiger partial charge in [-0.2, -0.15) is 0 Å². The van der Waals surface area contributed by atoms with Gasteiger partial charge in [0.05, 0.1) is 0 Å². The molecule has 1 atom stereocenters. The van der Waals surface area contributed by atoms with E-state index in [0.29, 0.717) is 19.7 Å². The predicted molar refractivity (Wildman–Crippen MR) is 79.3 cm³/mol. The Morgan fingerprint density at radius 2 is 1.81 bits per heavy atom. The average molecular weight is 301 g/mol. The van der Waals surface area contributed by atoms with E-state index in [1.807, 2.05) is 0 Å². The monoisotopic (exact) mass is 301 g/mol. The van der Waals surface area contributed by atoms with Crippen LogP contribution in [0.3, 0.4) is 0 Å². The van der Waals surface area contributed by atoms with Crippen LogP contribution in [0.4, 0.5) is 4.79 Å². The zero-order valence-corrected chi connectivity index (χ0v) is 13.4. The summed E-state index contributed by atoms with van der Waals surface area (Å²) in [6.45, 7) is 9.56. The number of carboxylic acid groups (broad SMARTS) is 1. The standard InChI is InChI=1S/C14H27N3O4/c1-14(2,3)17-8-6-16(7-9-17)13(20)15-11(12(18)19)5-10-21-4/h11H,5-10H2,1-4H3,(H,15,20)(H,18,19). The number of piperazine rings is 1. The lowest BCUT2D eigenvalue weighted by Gasteiger charge is -2.42. The van der Waals surface area contributed by atoms with Gasteiger partial charge in [-0.15, -0.1) is 0 Å². The van der Waals surface area contributed by atoms with E-state index in [1.165, 1.54) is 7.11 Å². The predicted octanol–water partition coefficient (Wildman–Crippen LogP) is 0.602. The summed E-state index contributed by atoms with van der Waals surface area (Å²) in [6.07, 6.45) is 0.263. The molecule has 2 amide bonds. The number of aliphatic carboxylic acids is 1. The third-order valence-electron chi connectivity index (χ3n) is 3.72. The maximum Gasteiger partial charge on any atom is 0.326 e. The zero-order valence-electron chi connectivity index (χ0n) is 13.4. The molecule has 0 aromatic carbocycles. The Morgan fingerprint density at radius 3 is 2.24 bits per heavy atom. The summed E-state index contributed by atoms with van der Waals surface area (Å²) in [5.74, 6) is -1.03. The number of carbonyl (C=O) groups is 2. The fourth-order valence-corrected chi connectivity index (χ4v) is 2.31. The summed E-state index contributed by atoms with van der Waals surface area (Å²) in [6, 6.07) is -1.22. The minimum Gasteiger partial charge on any atom is -0.480 e. The van der Waals surface area contributed by atoms with Crippen LogP contribution in [0.2, 0.25) is 0 Å². The van der Waals surface area contributed by atoms with E-state index < -0.39 is 12.0 Å². The second-order valence-electron chi connectivity index (χ2n) is 6.27. The van der Waals surface area contributed by atoms with Crippen molar-refractivity contribution in [3.8, 4) is 0 Å². The summed E-state index contributed by atoms with van der Waals surface area (Å²) >= 11 is 0. The van der Waals surface area contributed by atoms with Gasteiger partial charge < -0.3 is 20.1 Å². The number of nitrogens with zero attached hydrogens (tertiary/aromatic N) is 2. The van der Waals surface area contributed by atoms with Crippen molar-refractivity contribution >= 4 is 12.0 Å². The first-order valence-electron chi connectivity index (χ1n) is 7.28. The van der Waals surface area contributed by atoms with Crippen molar-refractivity contribution < 1.29 is 19.4 Å². The van der Waals surface area contributed by atoms with E-state index in [-0.39, 0.29) is 18.0 Å². The summed E-state index contributed by atoms with van der Waals surface area (Å²) < 4.78 is 4.87. The first-order valence-corrected chi connectivity index (χ1v) is 7.28. The maximum atomic E-state index is 12.1. The van der Waals surface area contributed by atoms with Gasteiger partial charge in [0.25, 0.3) is 0 Å².